The van der Waals surface area contributed by atoms with E-state index in [0.29, 0.717) is 22.0 Å². The lowest BCUT2D eigenvalue weighted by Crippen LogP contribution is -2.33. The van der Waals surface area contributed by atoms with Gasteiger partial charge in [0, 0.05) is 11.1 Å². The Morgan fingerprint density at radius 3 is 2.48 bits per heavy atom. The van der Waals surface area contributed by atoms with Gasteiger partial charge in [-0.1, -0.05) is 23.7 Å². The van der Waals surface area contributed by atoms with Crippen LogP contribution in [0.25, 0.3) is 0 Å². The predicted octanol–water partition coefficient (Wildman–Crippen LogP) is 3.09. The summed E-state index contributed by atoms with van der Waals surface area (Å²) in [5.41, 5.74) is 1.93. The number of benzene rings is 2. The standard InChI is InChI=1S/C18H18ClFN2O3/c1-11-7-15(16(25-2)9-14(11)19)22-18(24)10-21-17(23)8-12-3-5-13(20)6-4-12/h3-7,9H,8,10H2,1-2H3,(H,21,23)(H,22,24). The molecule has 0 unspecified atom stereocenters. The zero-order chi connectivity index (χ0) is 18.4. The van der Waals surface area contributed by atoms with Crippen LogP contribution in [0.3, 0.4) is 0 Å². The molecule has 132 valence electrons. The maximum Gasteiger partial charge on any atom is 0.243 e. The van der Waals surface area contributed by atoms with E-state index in [4.69, 9.17) is 16.3 Å². The number of nitrogens with one attached hydrogen (secondary N) is 2. The number of amides is 2. The van der Waals surface area contributed by atoms with Gasteiger partial charge in [0.15, 0.2) is 0 Å². The molecule has 2 N–H and O–H groups in total. The Kier molecular flexibility index (Phi) is 6.36. The van der Waals surface area contributed by atoms with Crippen molar-refractivity contribution in [2.45, 2.75) is 13.3 Å². The summed E-state index contributed by atoms with van der Waals surface area (Å²) in [4.78, 5) is 23.9. The Balaban J connectivity index is 1.89. The maximum absolute atomic E-state index is 12.8. The lowest BCUT2D eigenvalue weighted by Gasteiger charge is -2.12. The molecule has 0 aliphatic carbocycles. The Labute approximate surface area is 150 Å². The highest BCUT2D eigenvalue weighted by molar-refractivity contribution is 6.31. The third-order valence-corrected chi connectivity index (χ3v) is 3.89. The number of hydrogen-bond acceptors (Lipinski definition) is 3. The van der Waals surface area contributed by atoms with E-state index in [1.54, 1.807) is 12.1 Å². The first-order chi connectivity index (χ1) is 11.9. The van der Waals surface area contributed by atoms with E-state index in [9.17, 15) is 14.0 Å². The Morgan fingerprint density at radius 2 is 1.84 bits per heavy atom. The van der Waals surface area contributed by atoms with Crippen molar-refractivity contribution >= 4 is 29.1 Å². The minimum atomic E-state index is -0.396. The first kappa shape index (κ1) is 18.7. The summed E-state index contributed by atoms with van der Waals surface area (Å²) < 4.78 is 18.0. The summed E-state index contributed by atoms with van der Waals surface area (Å²) in [6, 6.07) is 8.92. The topological polar surface area (TPSA) is 67.4 Å². The van der Waals surface area contributed by atoms with Gasteiger partial charge in [-0.15, -0.1) is 0 Å². The highest BCUT2D eigenvalue weighted by atomic mass is 35.5. The van der Waals surface area contributed by atoms with E-state index in [1.165, 1.54) is 31.4 Å². The van der Waals surface area contributed by atoms with Crippen LogP contribution in [0.5, 0.6) is 5.75 Å². The number of carbonyl (C=O) groups excluding carboxylic acids is 2. The lowest BCUT2D eigenvalue weighted by molar-refractivity contribution is -0.123. The highest BCUT2D eigenvalue weighted by Crippen LogP contribution is 2.30. The number of rotatable bonds is 6. The largest absolute Gasteiger partial charge is 0.495 e. The van der Waals surface area contributed by atoms with Crippen LogP contribution in [0, 0.1) is 12.7 Å². The number of ether oxygens (including phenoxy) is 1. The molecule has 2 aromatic carbocycles. The van der Waals surface area contributed by atoms with Gasteiger partial charge in [0.25, 0.3) is 0 Å². The molecule has 0 aliphatic rings. The molecule has 2 rings (SSSR count). The van der Waals surface area contributed by atoms with Crippen LogP contribution in [0.15, 0.2) is 36.4 Å². The van der Waals surface area contributed by atoms with Crippen molar-refractivity contribution in [3.8, 4) is 5.75 Å². The van der Waals surface area contributed by atoms with Gasteiger partial charge in [0.1, 0.15) is 11.6 Å². The second-order valence-electron chi connectivity index (χ2n) is 5.43. The Morgan fingerprint density at radius 1 is 1.16 bits per heavy atom. The first-order valence-electron chi connectivity index (χ1n) is 7.54. The molecule has 0 radical (unpaired) electrons. The fourth-order valence-corrected chi connectivity index (χ4v) is 2.31. The summed E-state index contributed by atoms with van der Waals surface area (Å²) in [7, 11) is 1.47. The van der Waals surface area contributed by atoms with Crippen LogP contribution in [0.2, 0.25) is 5.02 Å². The Bertz CT molecular complexity index is 779. The molecule has 0 heterocycles. The third kappa shape index (κ3) is 5.46. The van der Waals surface area contributed by atoms with E-state index in [1.807, 2.05) is 6.92 Å². The zero-order valence-electron chi connectivity index (χ0n) is 13.9. The summed E-state index contributed by atoms with van der Waals surface area (Å²) in [5.74, 6) is -0.661. The van der Waals surface area contributed by atoms with Crippen molar-refractivity contribution in [1.29, 1.82) is 0 Å². The molecular weight excluding hydrogens is 347 g/mol. The SMILES string of the molecule is COc1cc(Cl)c(C)cc1NC(=O)CNC(=O)Cc1ccc(F)cc1. The van der Waals surface area contributed by atoms with E-state index in [2.05, 4.69) is 10.6 Å². The molecule has 25 heavy (non-hydrogen) atoms. The normalized spacial score (nSPS) is 10.2. The van der Waals surface area contributed by atoms with Crippen molar-refractivity contribution in [1.82, 2.24) is 5.32 Å². The van der Waals surface area contributed by atoms with Crippen molar-refractivity contribution in [3.05, 3.63) is 58.4 Å². The quantitative estimate of drug-likeness (QED) is 0.827. The number of anilines is 1. The molecule has 0 atom stereocenters. The molecule has 7 heteroatoms. The summed E-state index contributed by atoms with van der Waals surface area (Å²) in [6.07, 6.45) is 0.0664. The van der Waals surface area contributed by atoms with E-state index < -0.39 is 5.91 Å². The van der Waals surface area contributed by atoms with Crippen LogP contribution < -0.4 is 15.4 Å². The lowest BCUT2D eigenvalue weighted by atomic mass is 10.1. The van der Waals surface area contributed by atoms with Crippen LogP contribution in [-0.2, 0) is 16.0 Å². The molecule has 2 amide bonds. The van der Waals surface area contributed by atoms with Gasteiger partial charge in [0.2, 0.25) is 11.8 Å². The monoisotopic (exact) mass is 364 g/mol. The van der Waals surface area contributed by atoms with Gasteiger partial charge >= 0.3 is 0 Å². The van der Waals surface area contributed by atoms with E-state index >= 15 is 0 Å². The van der Waals surface area contributed by atoms with Crippen LogP contribution in [-0.4, -0.2) is 25.5 Å². The molecule has 0 fully saturated rings. The zero-order valence-corrected chi connectivity index (χ0v) is 14.6. The number of hydrogen-bond donors (Lipinski definition) is 2. The van der Waals surface area contributed by atoms with E-state index in [0.717, 1.165) is 5.56 Å². The van der Waals surface area contributed by atoms with Gasteiger partial charge in [-0.3, -0.25) is 9.59 Å². The second-order valence-corrected chi connectivity index (χ2v) is 5.84. The summed E-state index contributed by atoms with van der Waals surface area (Å²) in [5, 5.41) is 5.72. The maximum atomic E-state index is 12.8. The average molecular weight is 365 g/mol. The number of methoxy groups -OCH3 is 1. The van der Waals surface area contributed by atoms with E-state index in [-0.39, 0.29) is 24.7 Å². The predicted molar refractivity (Wildman–Crippen MR) is 94.5 cm³/mol. The molecule has 0 aromatic heterocycles. The molecule has 0 saturated carbocycles. The van der Waals surface area contributed by atoms with Gasteiger partial charge < -0.3 is 15.4 Å². The number of halogens is 2. The molecular formula is C18H18ClFN2O3. The molecule has 0 aliphatic heterocycles. The smallest absolute Gasteiger partial charge is 0.243 e. The van der Waals surface area contributed by atoms with Crippen LogP contribution in [0.4, 0.5) is 10.1 Å². The minimum Gasteiger partial charge on any atom is -0.495 e. The fraction of sp³-hybridized carbons (Fsp3) is 0.222. The summed E-state index contributed by atoms with van der Waals surface area (Å²) in [6.45, 7) is 1.62. The van der Waals surface area contributed by atoms with Crippen molar-refractivity contribution in [2.24, 2.45) is 0 Å². The molecule has 2 aromatic rings. The highest BCUT2D eigenvalue weighted by Gasteiger charge is 2.11. The minimum absolute atomic E-state index is 0.0664. The fourth-order valence-electron chi connectivity index (χ4n) is 2.15. The van der Waals surface area contributed by atoms with Gasteiger partial charge in [-0.25, -0.2) is 4.39 Å². The molecule has 0 saturated heterocycles. The van der Waals surface area contributed by atoms with Crippen LogP contribution in [0.1, 0.15) is 11.1 Å². The van der Waals surface area contributed by atoms with Gasteiger partial charge in [0.05, 0.1) is 25.8 Å². The Hall–Kier alpha value is -2.60. The average Bonchev–Trinajstić information content (AvgIpc) is 2.58. The second kappa shape index (κ2) is 8.48. The van der Waals surface area contributed by atoms with Crippen molar-refractivity contribution in [3.63, 3.8) is 0 Å². The molecule has 0 spiro atoms. The number of carbonyl (C=O) groups is 2. The molecule has 5 nitrogen and oxygen atoms in total. The number of aryl methyl sites for hydroxylation is 1. The van der Waals surface area contributed by atoms with Gasteiger partial charge in [-0.05, 0) is 36.2 Å². The van der Waals surface area contributed by atoms with Crippen molar-refractivity contribution in [2.75, 3.05) is 19.0 Å². The van der Waals surface area contributed by atoms with Crippen molar-refractivity contribution < 1.29 is 18.7 Å². The first-order valence-corrected chi connectivity index (χ1v) is 7.92. The third-order valence-electron chi connectivity index (χ3n) is 3.48. The van der Waals surface area contributed by atoms with Gasteiger partial charge in [-0.2, -0.15) is 0 Å². The van der Waals surface area contributed by atoms with Crippen LogP contribution >= 0.6 is 11.6 Å². The molecule has 0 bridgehead atoms. The summed E-state index contributed by atoms with van der Waals surface area (Å²) >= 11 is 6.02.